The topological polar surface area (TPSA) is 12.0 Å². The third-order valence-electron chi connectivity index (χ3n) is 3.45. The van der Waals surface area contributed by atoms with Gasteiger partial charge < -0.3 is 5.32 Å². The molecule has 0 aliphatic rings. The number of benzene rings is 2. The van der Waals surface area contributed by atoms with Gasteiger partial charge in [0.2, 0.25) is 0 Å². The lowest BCUT2D eigenvalue weighted by atomic mass is 9.97. The van der Waals surface area contributed by atoms with Gasteiger partial charge in [0, 0.05) is 9.35 Å². The fourth-order valence-corrected chi connectivity index (χ4v) is 4.26. The normalized spacial score (nSPS) is 12.7. The Morgan fingerprint density at radius 1 is 1.10 bits per heavy atom. The molecule has 3 rings (SSSR count). The van der Waals surface area contributed by atoms with E-state index in [0.29, 0.717) is 0 Å². The lowest BCUT2D eigenvalue weighted by Crippen LogP contribution is -2.21. The number of fused-ring (bicyclic) bond motifs is 1. The van der Waals surface area contributed by atoms with Crippen molar-refractivity contribution in [3.63, 3.8) is 0 Å². The van der Waals surface area contributed by atoms with Gasteiger partial charge in [-0.1, -0.05) is 49.4 Å². The molecule has 0 saturated carbocycles. The van der Waals surface area contributed by atoms with Crippen molar-refractivity contribution < 1.29 is 0 Å². The Bertz CT molecular complexity index is 714. The first-order chi connectivity index (χ1) is 9.81. The van der Waals surface area contributed by atoms with Crippen LogP contribution in [0.4, 0.5) is 0 Å². The number of hydrogen-bond acceptors (Lipinski definition) is 2. The molecule has 3 aromatic rings. The first kappa shape index (κ1) is 13.8. The zero-order valence-electron chi connectivity index (χ0n) is 11.3. The summed E-state index contributed by atoms with van der Waals surface area (Å²) in [6.45, 7) is 3.10. The van der Waals surface area contributed by atoms with Crippen LogP contribution in [0.25, 0.3) is 10.8 Å². The van der Waals surface area contributed by atoms with Crippen molar-refractivity contribution in [1.82, 2.24) is 5.32 Å². The molecule has 0 radical (unpaired) electrons. The average molecular weight is 346 g/mol. The number of hydrogen-bond donors (Lipinski definition) is 1. The third kappa shape index (κ3) is 2.53. The molecular formula is C17H16BrNS. The molecule has 0 amide bonds. The van der Waals surface area contributed by atoms with Gasteiger partial charge in [-0.05, 0) is 50.3 Å². The van der Waals surface area contributed by atoms with Crippen molar-refractivity contribution in [2.45, 2.75) is 13.0 Å². The quantitative estimate of drug-likeness (QED) is 0.670. The maximum Gasteiger partial charge on any atom is 0.0688 e. The van der Waals surface area contributed by atoms with Gasteiger partial charge in [0.15, 0.2) is 0 Å². The highest BCUT2D eigenvalue weighted by atomic mass is 79.9. The van der Waals surface area contributed by atoms with Crippen molar-refractivity contribution in [2.24, 2.45) is 0 Å². The van der Waals surface area contributed by atoms with Crippen LogP contribution in [0.2, 0.25) is 0 Å². The van der Waals surface area contributed by atoms with Gasteiger partial charge in [0.25, 0.3) is 0 Å². The van der Waals surface area contributed by atoms with Gasteiger partial charge in [-0.25, -0.2) is 0 Å². The van der Waals surface area contributed by atoms with Crippen molar-refractivity contribution in [3.8, 4) is 0 Å². The second-order valence-electron chi connectivity index (χ2n) is 4.69. The van der Waals surface area contributed by atoms with Crippen LogP contribution in [0.5, 0.6) is 0 Å². The molecule has 0 aliphatic heterocycles. The van der Waals surface area contributed by atoms with Crippen LogP contribution in [-0.2, 0) is 0 Å². The van der Waals surface area contributed by atoms with Crippen LogP contribution in [-0.4, -0.2) is 6.54 Å². The van der Waals surface area contributed by atoms with E-state index in [-0.39, 0.29) is 6.04 Å². The smallest absolute Gasteiger partial charge is 0.0688 e. The molecule has 0 spiro atoms. The van der Waals surface area contributed by atoms with Crippen molar-refractivity contribution >= 4 is 38.0 Å². The lowest BCUT2D eigenvalue weighted by Gasteiger charge is -2.20. The van der Waals surface area contributed by atoms with Gasteiger partial charge in [0.1, 0.15) is 0 Å². The summed E-state index contributed by atoms with van der Waals surface area (Å²) in [5.74, 6) is 0. The Kier molecular flexibility index (Phi) is 4.20. The van der Waals surface area contributed by atoms with E-state index < -0.39 is 0 Å². The minimum atomic E-state index is 0.237. The Balaban J connectivity index is 2.17. The van der Waals surface area contributed by atoms with E-state index in [0.717, 1.165) is 6.54 Å². The van der Waals surface area contributed by atoms with Gasteiger partial charge >= 0.3 is 0 Å². The fraction of sp³-hybridized carbons (Fsp3) is 0.176. The Morgan fingerprint density at radius 2 is 1.90 bits per heavy atom. The molecule has 0 aliphatic carbocycles. The third-order valence-corrected chi connectivity index (χ3v) is 5.39. The number of thiophene rings is 1. The van der Waals surface area contributed by atoms with Crippen LogP contribution >= 0.6 is 27.3 Å². The van der Waals surface area contributed by atoms with E-state index in [2.05, 4.69) is 82.1 Å². The molecule has 1 nitrogen and oxygen atoms in total. The van der Waals surface area contributed by atoms with Crippen LogP contribution < -0.4 is 5.32 Å². The lowest BCUT2D eigenvalue weighted by molar-refractivity contribution is 0.642. The second-order valence-corrected chi connectivity index (χ2v) is 6.49. The molecule has 3 heteroatoms. The van der Waals surface area contributed by atoms with Crippen molar-refractivity contribution in [1.29, 1.82) is 0 Å². The zero-order valence-corrected chi connectivity index (χ0v) is 13.7. The maximum atomic E-state index is 3.67. The van der Waals surface area contributed by atoms with Crippen molar-refractivity contribution in [2.75, 3.05) is 6.54 Å². The highest BCUT2D eigenvalue weighted by Gasteiger charge is 2.19. The van der Waals surface area contributed by atoms with E-state index in [1.165, 1.54) is 25.7 Å². The summed E-state index contributed by atoms with van der Waals surface area (Å²) in [5.41, 5.74) is 1.34. The number of halogens is 1. The minimum Gasteiger partial charge on any atom is -0.306 e. The standard InChI is InChI=1S/C17H16BrNS/c1-2-19-16(17-15(18)10-11-20-17)14-9-5-7-12-6-3-4-8-13(12)14/h3-11,16,19H,2H2,1H3. The molecule has 0 fully saturated rings. The number of nitrogens with one attached hydrogen (secondary N) is 1. The first-order valence-corrected chi connectivity index (χ1v) is 8.42. The molecule has 0 bridgehead atoms. The first-order valence-electron chi connectivity index (χ1n) is 6.75. The molecule has 102 valence electrons. The Morgan fingerprint density at radius 3 is 2.65 bits per heavy atom. The summed E-state index contributed by atoms with van der Waals surface area (Å²) in [6, 6.07) is 17.5. The molecule has 0 saturated heterocycles. The van der Waals surface area contributed by atoms with Crippen molar-refractivity contribution in [3.05, 3.63) is 68.8 Å². The van der Waals surface area contributed by atoms with Gasteiger partial charge in [-0.15, -0.1) is 11.3 Å². The summed E-state index contributed by atoms with van der Waals surface area (Å²) in [4.78, 5) is 1.34. The molecule has 1 atom stereocenters. The van der Waals surface area contributed by atoms with Crippen LogP contribution in [0.3, 0.4) is 0 Å². The SMILES string of the molecule is CCNC(c1sccc1Br)c1cccc2ccccc12. The fourth-order valence-electron chi connectivity index (χ4n) is 2.56. The van der Waals surface area contributed by atoms with Gasteiger partial charge in [-0.3, -0.25) is 0 Å². The maximum absolute atomic E-state index is 3.67. The molecular weight excluding hydrogens is 330 g/mol. The zero-order chi connectivity index (χ0) is 13.9. The Hall–Kier alpha value is -1.16. The van der Waals surface area contributed by atoms with E-state index >= 15 is 0 Å². The predicted molar refractivity (Wildman–Crippen MR) is 91.5 cm³/mol. The number of rotatable bonds is 4. The highest BCUT2D eigenvalue weighted by molar-refractivity contribution is 9.10. The molecule has 20 heavy (non-hydrogen) atoms. The molecule has 1 unspecified atom stereocenters. The monoisotopic (exact) mass is 345 g/mol. The average Bonchev–Trinajstić information content (AvgIpc) is 2.90. The van der Waals surface area contributed by atoms with E-state index in [1.54, 1.807) is 11.3 Å². The minimum absolute atomic E-state index is 0.237. The highest BCUT2D eigenvalue weighted by Crippen LogP contribution is 2.35. The van der Waals surface area contributed by atoms with Crippen LogP contribution in [0, 0.1) is 0 Å². The molecule has 2 aromatic carbocycles. The summed E-state index contributed by atoms with van der Waals surface area (Å²) in [6.07, 6.45) is 0. The van der Waals surface area contributed by atoms with E-state index in [9.17, 15) is 0 Å². The summed E-state index contributed by atoms with van der Waals surface area (Å²) >= 11 is 5.46. The van der Waals surface area contributed by atoms with Gasteiger partial charge in [-0.2, -0.15) is 0 Å². The second kappa shape index (κ2) is 6.08. The van der Waals surface area contributed by atoms with E-state index in [4.69, 9.17) is 0 Å². The molecule has 1 aromatic heterocycles. The van der Waals surface area contributed by atoms with E-state index in [1.807, 2.05) is 0 Å². The van der Waals surface area contributed by atoms with Gasteiger partial charge in [0.05, 0.1) is 6.04 Å². The Labute approximate surface area is 131 Å². The predicted octanol–water partition coefficient (Wildman–Crippen LogP) is 5.36. The van der Waals surface area contributed by atoms with Crippen LogP contribution in [0.1, 0.15) is 23.4 Å². The molecule has 1 N–H and O–H groups in total. The summed E-state index contributed by atoms with van der Waals surface area (Å²) in [5, 5.41) is 8.36. The summed E-state index contributed by atoms with van der Waals surface area (Å²) in [7, 11) is 0. The molecule has 1 heterocycles. The largest absolute Gasteiger partial charge is 0.306 e. The van der Waals surface area contributed by atoms with Crippen LogP contribution in [0.15, 0.2) is 58.4 Å². The summed E-state index contributed by atoms with van der Waals surface area (Å²) < 4.78 is 1.18.